The predicted octanol–water partition coefficient (Wildman–Crippen LogP) is 1.10. The van der Waals surface area contributed by atoms with E-state index in [0.29, 0.717) is 24.0 Å². The summed E-state index contributed by atoms with van der Waals surface area (Å²) in [7, 11) is 1.64. The largest absolute Gasteiger partial charge is 0.383 e. The maximum Gasteiger partial charge on any atom is 0.203 e. The van der Waals surface area contributed by atoms with Crippen LogP contribution < -0.4 is 5.32 Å². The molecule has 6 nitrogen and oxygen atoms in total. The van der Waals surface area contributed by atoms with E-state index < -0.39 is 0 Å². The van der Waals surface area contributed by atoms with Crippen molar-refractivity contribution in [2.75, 3.05) is 24.9 Å². The molecule has 1 atom stereocenters. The number of aryl methyl sites for hydroxylation is 1. The third kappa shape index (κ3) is 2.48. The molecule has 0 aliphatic heterocycles. The number of aromatic nitrogens is 4. The lowest BCUT2D eigenvalue weighted by Crippen LogP contribution is -2.27. The van der Waals surface area contributed by atoms with Gasteiger partial charge in [-0.3, -0.25) is 4.40 Å². The molecular formula is C10H14ClN5O. The lowest BCUT2D eigenvalue weighted by Gasteiger charge is -2.15. The summed E-state index contributed by atoms with van der Waals surface area (Å²) in [6.45, 7) is 2.40. The van der Waals surface area contributed by atoms with Gasteiger partial charge in [0.15, 0.2) is 5.82 Å². The van der Waals surface area contributed by atoms with E-state index in [-0.39, 0.29) is 6.04 Å². The third-order valence-electron chi connectivity index (χ3n) is 2.39. The molecule has 2 aromatic rings. The lowest BCUT2D eigenvalue weighted by molar-refractivity contribution is 0.191. The Hall–Kier alpha value is -1.40. The van der Waals surface area contributed by atoms with Gasteiger partial charge in [0.25, 0.3) is 0 Å². The van der Waals surface area contributed by atoms with Gasteiger partial charge in [-0.1, -0.05) is 0 Å². The van der Waals surface area contributed by atoms with Crippen molar-refractivity contribution in [3.05, 3.63) is 18.2 Å². The van der Waals surface area contributed by atoms with Gasteiger partial charge in [-0.15, -0.1) is 21.8 Å². The number of rotatable bonds is 5. The van der Waals surface area contributed by atoms with Gasteiger partial charge < -0.3 is 10.1 Å². The van der Waals surface area contributed by atoms with E-state index in [9.17, 15) is 0 Å². The van der Waals surface area contributed by atoms with Crippen LogP contribution in [0.1, 0.15) is 5.82 Å². The summed E-state index contributed by atoms with van der Waals surface area (Å²) >= 11 is 5.84. The SMILES string of the molecule is COCC(CCl)Nc1nccn2c(C)nnc12. The van der Waals surface area contributed by atoms with E-state index in [1.807, 2.05) is 17.5 Å². The average Bonchev–Trinajstić information content (AvgIpc) is 2.72. The van der Waals surface area contributed by atoms with Crippen LogP contribution in [0.3, 0.4) is 0 Å². The van der Waals surface area contributed by atoms with Gasteiger partial charge >= 0.3 is 0 Å². The maximum absolute atomic E-state index is 5.84. The van der Waals surface area contributed by atoms with Crippen LogP contribution in [0.15, 0.2) is 12.4 Å². The molecule has 0 fully saturated rings. The van der Waals surface area contributed by atoms with Crippen LogP contribution in [-0.2, 0) is 4.74 Å². The minimum atomic E-state index is -0.00243. The minimum absolute atomic E-state index is 0.00243. The van der Waals surface area contributed by atoms with Crippen LogP contribution in [0.4, 0.5) is 5.82 Å². The average molecular weight is 256 g/mol. The number of anilines is 1. The van der Waals surface area contributed by atoms with Gasteiger partial charge in [0.2, 0.25) is 5.65 Å². The molecule has 2 rings (SSSR count). The number of hydrogen-bond acceptors (Lipinski definition) is 5. The zero-order valence-corrected chi connectivity index (χ0v) is 10.5. The summed E-state index contributed by atoms with van der Waals surface area (Å²) in [6.07, 6.45) is 3.52. The topological polar surface area (TPSA) is 64.3 Å². The monoisotopic (exact) mass is 255 g/mol. The highest BCUT2D eigenvalue weighted by Crippen LogP contribution is 2.13. The Morgan fingerprint density at radius 3 is 3.06 bits per heavy atom. The van der Waals surface area contributed by atoms with E-state index in [1.54, 1.807) is 13.3 Å². The lowest BCUT2D eigenvalue weighted by atomic mass is 10.3. The van der Waals surface area contributed by atoms with Crippen LogP contribution in [0.2, 0.25) is 0 Å². The highest BCUT2D eigenvalue weighted by atomic mass is 35.5. The number of hydrogen-bond donors (Lipinski definition) is 1. The number of halogens is 1. The van der Waals surface area contributed by atoms with E-state index >= 15 is 0 Å². The van der Waals surface area contributed by atoms with Gasteiger partial charge in [-0.25, -0.2) is 4.98 Å². The summed E-state index contributed by atoms with van der Waals surface area (Å²) in [4.78, 5) is 4.24. The van der Waals surface area contributed by atoms with Crippen LogP contribution in [0.25, 0.3) is 5.65 Å². The molecule has 0 bridgehead atoms. The molecule has 0 saturated heterocycles. The fourth-order valence-corrected chi connectivity index (χ4v) is 1.73. The standard InChI is InChI=1S/C10H14ClN5O/c1-7-14-15-10-9(12-3-4-16(7)10)13-8(5-11)6-17-2/h3-4,8H,5-6H2,1-2H3,(H,12,13). The normalized spacial score (nSPS) is 12.9. The molecule has 0 aromatic carbocycles. The second-order valence-electron chi connectivity index (χ2n) is 3.67. The fourth-order valence-electron chi connectivity index (χ4n) is 1.56. The van der Waals surface area contributed by atoms with Gasteiger partial charge in [0.1, 0.15) is 5.82 Å². The summed E-state index contributed by atoms with van der Waals surface area (Å²) in [5, 5.41) is 11.3. The molecule has 17 heavy (non-hydrogen) atoms. The molecule has 7 heteroatoms. The molecule has 1 unspecified atom stereocenters. The maximum atomic E-state index is 5.84. The van der Waals surface area contributed by atoms with Crippen molar-refractivity contribution < 1.29 is 4.74 Å². The molecule has 0 radical (unpaired) electrons. The van der Waals surface area contributed by atoms with Gasteiger partial charge in [-0.05, 0) is 6.92 Å². The molecule has 0 spiro atoms. The predicted molar refractivity (Wildman–Crippen MR) is 65.5 cm³/mol. The van der Waals surface area contributed by atoms with E-state index in [4.69, 9.17) is 16.3 Å². The summed E-state index contributed by atoms with van der Waals surface area (Å²) < 4.78 is 6.94. The summed E-state index contributed by atoms with van der Waals surface area (Å²) in [5.41, 5.74) is 0.691. The molecule has 0 aliphatic rings. The molecular weight excluding hydrogens is 242 g/mol. The highest BCUT2D eigenvalue weighted by molar-refractivity contribution is 6.18. The first kappa shape index (κ1) is 12.1. The fraction of sp³-hybridized carbons (Fsp3) is 0.500. The van der Waals surface area contributed by atoms with Crippen molar-refractivity contribution >= 4 is 23.1 Å². The molecule has 1 N–H and O–H groups in total. The number of fused-ring (bicyclic) bond motifs is 1. The zero-order chi connectivity index (χ0) is 12.3. The van der Waals surface area contributed by atoms with Crippen molar-refractivity contribution in [2.45, 2.75) is 13.0 Å². The molecule has 0 aliphatic carbocycles. The number of nitrogens with one attached hydrogen (secondary N) is 1. The van der Waals surface area contributed by atoms with Gasteiger partial charge in [0.05, 0.1) is 12.6 Å². The number of alkyl halides is 1. The number of ether oxygens (including phenoxy) is 1. The first-order chi connectivity index (χ1) is 8.26. The third-order valence-corrected chi connectivity index (χ3v) is 2.76. The van der Waals surface area contributed by atoms with Gasteiger partial charge in [0, 0.05) is 25.4 Å². The summed E-state index contributed by atoms with van der Waals surface area (Å²) in [5.74, 6) is 1.92. The quantitative estimate of drug-likeness (QED) is 0.811. The second-order valence-corrected chi connectivity index (χ2v) is 3.98. The molecule has 2 heterocycles. The van der Waals surface area contributed by atoms with E-state index in [1.165, 1.54) is 0 Å². The zero-order valence-electron chi connectivity index (χ0n) is 9.72. The molecule has 0 amide bonds. The Morgan fingerprint density at radius 1 is 1.53 bits per heavy atom. The minimum Gasteiger partial charge on any atom is -0.383 e. The first-order valence-corrected chi connectivity index (χ1v) is 5.77. The van der Waals surface area contributed by atoms with Crippen LogP contribution in [-0.4, -0.2) is 45.2 Å². The molecule has 0 saturated carbocycles. The highest BCUT2D eigenvalue weighted by Gasteiger charge is 2.12. The second kappa shape index (κ2) is 5.29. The van der Waals surface area contributed by atoms with Crippen molar-refractivity contribution in [3.63, 3.8) is 0 Å². The first-order valence-electron chi connectivity index (χ1n) is 5.24. The van der Waals surface area contributed by atoms with Crippen LogP contribution >= 0.6 is 11.6 Å². The Bertz CT molecular complexity index is 500. The van der Waals surface area contributed by atoms with Crippen LogP contribution in [0.5, 0.6) is 0 Å². The Kier molecular flexibility index (Phi) is 3.75. The van der Waals surface area contributed by atoms with Gasteiger partial charge in [-0.2, -0.15) is 0 Å². The smallest absolute Gasteiger partial charge is 0.203 e. The Labute approximate surface area is 104 Å². The number of methoxy groups -OCH3 is 1. The molecule has 2 aromatic heterocycles. The van der Waals surface area contributed by atoms with Crippen molar-refractivity contribution in [3.8, 4) is 0 Å². The summed E-state index contributed by atoms with van der Waals surface area (Å²) in [6, 6.07) is -0.00243. The number of nitrogens with zero attached hydrogens (tertiary/aromatic N) is 4. The Morgan fingerprint density at radius 2 is 2.35 bits per heavy atom. The Balaban J connectivity index is 2.29. The molecule has 92 valence electrons. The van der Waals surface area contributed by atoms with Crippen molar-refractivity contribution in [2.24, 2.45) is 0 Å². The van der Waals surface area contributed by atoms with Crippen molar-refractivity contribution in [1.29, 1.82) is 0 Å². The van der Waals surface area contributed by atoms with Crippen LogP contribution in [0, 0.1) is 6.92 Å². The van der Waals surface area contributed by atoms with E-state index in [0.717, 1.165) is 5.82 Å². The van der Waals surface area contributed by atoms with E-state index in [2.05, 4.69) is 20.5 Å². The van der Waals surface area contributed by atoms with Crippen molar-refractivity contribution in [1.82, 2.24) is 19.6 Å².